The second-order valence-corrected chi connectivity index (χ2v) is 10.2. The first-order valence-corrected chi connectivity index (χ1v) is 11.9. The van der Waals surface area contributed by atoms with E-state index in [0.717, 1.165) is 10.5 Å². The lowest BCUT2D eigenvalue weighted by molar-refractivity contribution is -0.137. The largest absolute Gasteiger partial charge is 0.480 e. The molecule has 31 heavy (non-hydrogen) atoms. The van der Waals surface area contributed by atoms with E-state index in [2.05, 4.69) is 0 Å². The highest BCUT2D eigenvalue weighted by Gasteiger charge is 2.20. The third-order valence-corrected chi connectivity index (χ3v) is 6.21. The summed E-state index contributed by atoms with van der Waals surface area (Å²) >= 11 is 0. The molecule has 0 aliphatic rings. The van der Waals surface area contributed by atoms with E-state index in [9.17, 15) is 14.4 Å². The minimum absolute atomic E-state index is 0.118. The van der Waals surface area contributed by atoms with Crippen molar-refractivity contribution in [3.63, 3.8) is 0 Å². The number of carboxylic acids is 1. The first-order chi connectivity index (χ1) is 14.4. The lowest BCUT2D eigenvalue weighted by Crippen LogP contribution is -2.40. The molecule has 1 aromatic carbocycles. The van der Waals surface area contributed by atoms with Crippen LogP contribution in [0.2, 0.25) is 0 Å². The standard InChI is InChI=1S/C20H31N3O6S2/c1-20(2,3)29-19(27)23(5)11-10-22(4)18(26)28-12-14-6-8-15(9-7-14)31-30-13-16(21)17(24)25/h6-9,16H,10-13,21H2,1-5H3,(H,24,25)/t16-/m0/s1. The van der Waals surface area contributed by atoms with E-state index in [1.54, 1.807) is 34.9 Å². The Balaban J connectivity index is 2.36. The van der Waals surface area contributed by atoms with Crippen molar-refractivity contribution >= 4 is 39.7 Å². The summed E-state index contributed by atoms with van der Waals surface area (Å²) < 4.78 is 10.6. The predicted octanol–water partition coefficient (Wildman–Crippen LogP) is 3.27. The molecule has 0 aromatic heterocycles. The van der Waals surface area contributed by atoms with E-state index in [1.807, 2.05) is 24.3 Å². The second kappa shape index (κ2) is 12.7. The Hall–Kier alpha value is -2.11. The Labute approximate surface area is 191 Å². The van der Waals surface area contributed by atoms with Crippen LogP contribution in [0.25, 0.3) is 0 Å². The summed E-state index contributed by atoms with van der Waals surface area (Å²) in [5, 5.41) is 8.77. The van der Waals surface area contributed by atoms with E-state index >= 15 is 0 Å². The fourth-order valence-electron chi connectivity index (χ4n) is 1.97. The van der Waals surface area contributed by atoms with Gasteiger partial charge in [0, 0.05) is 37.8 Å². The third-order valence-electron chi connectivity index (χ3n) is 3.79. The van der Waals surface area contributed by atoms with Gasteiger partial charge in [-0.15, -0.1) is 0 Å². The van der Waals surface area contributed by atoms with Crippen molar-refractivity contribution in [3.05, 3.63) is 29.8 Å². The summed E-state index contributed by atoms with van der Waals surface area (Å²) in [5.74, 6) is -0.721. The van der Waals surface area contributed by atoms with Crippen LogP contribution in [0.15, 0.2) is 29.2 Å². The minimum atomic E-state index is -1.02. The number of benzene rings is 1. The van der Waals surface area contributed by atoms with Crippen molar-refractivity contribution in [3.8, 4) is 0 Å². The molecular formula is C20H31N3O6S2. The number of hydrogen-bond donors (Lipinski definition) is 2. The summed E-state index contributed by atoms with van der Waals surface area (Å²) in [7, 11) is 6.01. The van der Waals surface area contributed by atoms with Gasteiger partial charge in [0.1, 0.15) is 18.2 Å². The van der Waals surface area contributed by atoms with E-state index < -0.39 is 29.8 Å². The maximum atomic E-state index is 12.2. The number of carbonyl (C=O) groups is 3. The zero-order valence-electron chi connectivity index (χ0n) is 18.5. The van der Waals surface area contributed by atoms with Crippen molar-refractivity contribution in [2.75, 3.05) is 32.9 Å². The molecule has 2 amide bonds. The molecule has 0 spiro atoms. The van der Waals surface area contributed by atoms with E-state index in [4.69, 9.17) is 20.3 Å². The first-order valence-electron chi connectivity index (χ1n) is 9.58. The van der Waals surface area contributed by atoms with Crippen LogP contribution >= 0.6 is 21.6 Å². The lowest BCUT2D eigenvalue weighted by atomic mass is 10.2. The Morgan fingerprint density at radius 2 is 1.61 bits per heavy atom. The highest BCUT2D eigenvalue weighted by atomic mass is 33.1. The van der Waals surface area contributed by atoms with Gasteiger partial charge in [0.05, 0.1) is 0 Å². The number of amides is 2. The first kappa shape index (κ1) is 26.9. The number of aliphatic carboxylic acids is 1. The van der Waals surface area contributed by atoms with Crippen molar-refractivity contribution < 1.29 is 29.0 Å². The molecule has 0 radical (unpaired) electrons. The van der Waals surface area contributed by atoms with E-state index in [0.29, 0.717) is 18.8 Å². The van der Waals surface area contributed by atoms with E-state index in [1.165, 1.54) is 31.4 Å². The quantitative estimate of drug-likeness (QED) is 0.493. The van der Waals surface area contributed by atoms with Gasteiger partial charge in [-0.05, 0) is 38.5 Å². The van der Waals surface area contributed by atoms with Gasteiger partial charge in [-0.3, -0.25) is 4.79 Å². The molecule has 1 atom stereocenters. The summed E-state index contributed by atoms with van der Waals surface area (Å²) in [6.45, 7) is 6.12. The van der Waals surface area contributed by atoms with Gasteiger partial charge < -0.3 is 30.1 Å². The fraction of sp³-hybridized carbons (Fsp3) is 0.550. The summed E-state index contributed by atoms with van der Waals surface area (Å²) in [5.41, 5.74) is 5.71. The summed E-state index contributed by atoms with van der Waals surface area (Å²) in [6, 6.07) is 6.52. The highest BCUT2D eigenvalue weighted by Crippen LogP contribution is 2.31. The van der Waals surface area contributed by atoms with Crippen molar-refractivity contribution in [2.45, 2.75) is 43.9 Å². The van der Waals surface area contributed by atoms with Crippen LogP contribution in [0.4, 0.5) is 9.59 Å². The molecule has 0 aliphatic carbocycles. The molecule has 0 aliphatic heterocycles. The summed E-state index contributed by atoms with van der Waals surface area (Å²) in [4.78, 5) is 38.5. The molecule has 0 heterocycles. The third kappa shape index (κ3) is 11.2. The molecule has 0 saturated carbocycles. The van der Waals surface area contributed by atoms with Crippen LogP contribution in [-0.4, -0.2) is 77.6 Å². The average molecular weight is 474 g/mol. The number of carbonyl (C=O) groups excluding carboxylic acids is 2. The number of nitrogens with two attached hydrogens (primary N) is 1. The monoisotopic (exact) mass is 473 g/mol. The van der Waals surface area contributed by atoms with E-state index in [-0.39, 0.29) is 6.61 Å². The minimum Gasteiger partial charge on any atom is -0.480 e. The number of likely N-dealkylation sites (N-methyl/N-ethyl adjacent to an activating group) is 2. The van der Waals surface area contributed by atoms with Crippen LogP contribution in [-0.2, 0) is 20.9 Å². The summed E-state index contributed by atoms with van der Waals surface area (Å²) in [6.07, 6.45) is -0.940. The smallest absolute Gasteiger partial charge is 0.410 e. The Morgan fingerprint density at radius 3 is 2.13 bits per heavy atom. The van der Waals surface area contributed by atoms with Crippen LogP contribution in [0, 0.1) is 0 Å². The van der Waals surface area contributed by atoms with Gasteiger partial charge >= 0.3 is 18.2 Å². The highest BCUT2D eigenvalue weighted by molar-refractivity contribution is 8.76. The molecule has 0 unspecified atom stereocenters. The van der Waals surface area contributed by atoms with Gasteiger partial charge in [-0.25, -0.2) is 9.59 Å². The van der Waals surface area contributed by atoms with Gasteiger partial charge in [-0.1, -0.05) is 33.7 Å². The van der Waals surface area contributed by atoms with Crippen molar-refractivity contribution in [2.24, 2.45) is 5.73 Å². The molecule has 1 aromatic rings. The zero-order valence-corrected chi connectivity index (χ0v) is 20.1. The number of carboxylic acid groups (broad SMARTS) is 1. The molecule has 0 fully saturated rings. The molecule has 3 N–H and O–H groups in total. The van der Waals surface area contributed by atoms with Crippen LogP contribution in [0.1, 0.15) is 26.3 Å². The average Bonchev–Trinajstić information content (AvgIpc) is 2.69. The lowest BCUT2D eigenvalue weighted by Gasteiger charge is -2.26. The number of nitrogens with zero attached hydrogens (tertiary/aromatic N) is 2. The molecule has 11 heteroatoms. The predicted molar refractivity (Wildman–Crippen MR) is 122 cm³/mol. The molecule has 0 bridgehead atoms. The molecule has 174 valence electrons. The molecule has 1 rings (SSSR count). The normalized spacial score (nSPS) is 12.1. The van der Waals surface area contributed by atoms with Crippen molar-refractivity contribution in [1.29, 1.82) is 0 Å². The SMILES string of the molecule is CN(CCN(C)C(=O)OC(C)(C)C)C(=O)OCc1ccc(SSC[C@H](N)C(=O)O)cc1. The van der Waals surface area contributed by atoms with Gasteiger partial charge in [0.2, 0.25) is 0 Å². The Bertz CT molecular complexity index is 739. The second-order valence-electron chi connectivity index (χ2n) is 7.83. The number of ether oxygens (including phenoxy) is 2. The van der Waals surface area contributed by atoms with Crippen molar-refractivity contribution in [1.82, 2.24) is 9.80 Å². The number of hydrogen-bond acceptors (Lipinski definition) is 8. The van der Waals surface area contributed by atoms with Gasteiger partial charge in [-0.2, -0.15) is 0 Å². The maximum absolute atomic E-state index is 12.2. The van der Waals surface area contributed by atoms with Crippen LogP contribution < -0.4 is 5.73 Å². The van der Waals surface area contributed by atoms with Gasteiger partial charge in [0.25, 0.3) is 0 Å². The molecular weight excluding hydrogens is 442 g/mol. The fourth-order valence-corrected chi connectivity index (χ4v) is 4.09. The molecule has 9 nitrogen and oxygen atoms in total. The Kier molecular flexibility index (Phi) is 11.0. The van der Waals surface area contributed by atoms with Crippen LogP contribution in [0.3, 0.4) is 0 Å². The van der Waals surface area contributed by atoms with Crippen LogP contribution in [0.5, 0.6) is 0 Å². The molecule has 0 saturated heterocycles. The van der Waals surface area contributed by atoms with Gasteiger partial charge in [0.15, 0.2) is 0 Å². The Morgan fingerprint density at radius 1 is 1.06 bits per heavy atom. The topological polar surface area (TPSA) is 122 Å². The zero-order chi connectivity index (χ0) is 23.6. The number of rotatable bonds is 10. The maximum Gasteiger partial charge on any atom is 0.410 e.